The molecule has 1 aliphatic rings. The van der Waals surface area contributed by atoms with E-state index in [4.69, 9.17) is 9.40 Å². The predicted molar refractivity (Wildman–Crippen MR) is 90.3 cm³/mol. The molecule has 0 atom stereocenters. The largest absolute Gasteiger partial charge is 0.464 e. The SMILES string of the molecule is Cc1ccc(Cn2c(NN3CCNCC3)nc3ccccc32)o1. The average Bonchev–Trinajstić information content (AvgIpc) is 3.13. The second-order valence-corrected chi connectivity index (χ2v) is 5.87. The van der Waals surface area contributed by atoms with Gasteiger partial charge in [0.2, 0.25) is 5.95 Å². The lowest BCUT2D eigenvalue weighted by atomic mass is 10.3. The molecule has 2 N–H and O–H groups in total. The Morgan fingerprint density at radius 1 is 1.17 bits per heavy atom. The van der Waals surface area contributed by atoms with Gasteiger partial charge in [-0.2, -0.15) is 0 Å². The van der Waals surface area contributed by atoms with Gasteiger partial charge in [0.1, 0.15) is 11.5 Å². The van der Waals surface area contributed by atoms with Gasteiger partial charge in [-0.05, 0) is 31.2 Å². The van der Waals surface area contributed by atoms with Crippen molar-refractivity contribution in [1.82, 2.24) is 19.9 Å². The third kappa shape index (κ3) is 2.95. The minimum absolute atomic E-state index is 0.669. The maximum atomic E-state index is 5.75. The number of nitrogens with zero attached hydrogens (tertiary/aromatic N) is 3. The number of para-hydroxylation sites is 2. The zero-order valence-corrected chi connectivity index (χ0v) is 13.2. The van der Waals surface area contributed by atoms with Gasteiger partial charge in [0, 0.05) is 26.2 Å². The summed E-state index contributed by atoms with van der Waals surface area (Å²) in [5.41, 5.74) is 5.57. The maximum Gasteiger partial charge on any atom is 0.219 e. The van der Waals surface area contributed by atoms with Crippen molar-refractivity contribution in [2.75, 3.05) is 31.6 Å². The minimum Gasteiger partial charge on any atom is -0.464 e. The topological polar surface area (TPSA) is 58.3 Å². The van der Waals surface area contributed by atoms with Crippen molar-refractivity contribution < 1.29 is 4.42 Å². The van der Waals surface area contributed by atoms with Crippen LogP contribution in [0.15, 0.2) is 40.8 Å². The van der Waals surface area contributed by atoms with Gasteiger partial charge >= 0.3 is 0 Å². The Balaban J connectivity index is 1.68. The summed E-state index contributed by atoms with van der Waals surface area (Å²) in [5, 5.41) is 5.57. The standard InChI is InChI=1S/C17H21N5O/c1-13-6-7-14(23-13)12-22-16-5-3-2-4-15(16)19-17(22)20-21-10-8-18-9-11-21/h2-7,18H,8-12H2,1H3,(H,19,20). The van der Waals surface area contributed by atoms with Crippen LogP contribution in [0.2, 0.25) is 0 Å². The molecule has 6 nitrogen and oxygen atoms in total. The summed E-state index contributed by atoms with van der Waals surface area (Å²) in [5.74, 6) is 2.73. The third-order valence-corrected chi connectivity index (χ3v) is 4.14. The van der Waals surface area contributed by atoms with Gasteiger partial charge in [0.15, 0.2) is 0 Å². The Morgan fingerprint density at radius 2 is 2.00 bits per heavy atom. The Hall–Kier alpha value is -2.31. The van der Waals surface area contributed by atoms with E-state index in [-0.39, 0.29) is 0 Å². The van der Waals surface area contributed by atoms with Gasteiger partial charge < -0.3 is 14.3 Å². The van der Waals surface area contributed by atoms with E-state index >= 15 is 0 Å². The molecule has 120 valence electrons. The summed E-state index contributed by atoms with van der Waals surface area (Å²) < 4.78 is 7.93. The van der Waals surface area contributed by atoms with Crippen LogP contribution in [0.5, 0.6) is 0 Å². The predicted octanol–water partition coefficient (Wildman–Crippen LogP) is 2.22. The van der Waals surface area contributed by atoms with Gasteiger partial charge in [-0.1, -0.05) is 12.1 Å². The number of hydrazine groups is 1. The molecule has 6 heteroatoms. The smallest absolute Gasteiger partial charge is 0.219 e. The van der Waals surface area contributed by atoms with Crippen LogP contribution in [0.1, 0.15) is 11.5 Å². The number of aromatic nitrogens is 2. The lowest BCUT2D eigenvalue weighted by Crippen LogP contribution is -2.46. The molecular weight excluding hydrogens is 290 g/mol. The number of fused-ring (bicyclic) bond motifs is 1. The number of imidazole rings is 1. The molecule has 0 aliphatic carbocycles. The van der Waals surface area contributed by atoms with Crippen molar-refractivity contribution in [1.29, 1.82) is 0 Å². The third-order valence-electron chi connectivity index (χ3n) is 4.14. The summed E-state index contributed by atoms with van der Waals surface area (Å²) in [6, 6.07) is 12.2. The van der Waals surface area contributed by atoms with E-state index in [1.54, 1.807) is 0 Å². The van der Waals surface area contributed by atoms with Crippen LogP contribution < -0.4 is 10.7 Å². The van der Waals surface area contributed by atoms with E-state index in [1.807, 2.05) is 37.3 Å². The van der Waals surface area contributed by atoms with Crippen LogP contribution in [0.25, 0.3) is 11.0 Å². The van der Waals surface area contributed by atoms with Crippen LogP contribution in [0.3, 0.4) is 0 Å². The lowest BCUT2D eigenvalue weighted by molar-refractivity contribution is 0.283. The van der Waals surface area contributed by atoms with Crippen LogP contribution in [-0.4, -0.2) is 40.7 Å². The summed E-state index contributed by atoms with van der Waals surface area (Å²) in [7, 11) is 0. The normalized spacial score (nSPS) is 16.0. The Labute approximate surface area is 135 Å². The highest BCUT2D eigenvalue weighted by atomic mass is 16.3. The molecule has 1 saturated heterocycles. The number of nitrogens with one attached hydrogen (secondary N) is 2. The first kappa shape index (κ1) is 14.3. The van der Waals surface area contributed by atoms with Crippen molar-refractivity contribution in [2.24, 2.45) is 0 Å². The monoisotopic (exact) mass is 311 g/mol. The second-order valence-electron chi connectivity index (χ2n) is 5.87. The van der Waals surface area contributed by atoms with Crippen LogP contribution >= 0.6 is 0 Å². The zero-order chi connectivity index (χ0) is 15.6. The average molecular weight is 311 g/mol. The van der Waals surface area contributed by atoms with Crippen molar-refractivity contribution in [3.63, 3.8) is 0 Å². The lowest BCUT2D eigenvalue weighted by Gasteiger charge is -2.28. The van der Waals surface area contributed by atoms with Crippen LogP contribution in [0.4, 0.5) is 5.95 Å². The highest BCUT2D eigenvalue weighted by molar-refractivity contribution is 5.78. The van der Waals surface area contributed by atoms with Gasteiger partial charge in [0.25, 0.3) is 0 Å². The summed E-state index contributed by atoms with van der Waals surface area (Å²) in [6.45, 7) is 6.54. The fourth-order valence-electron chi connectivity index (χ4n) is 2.96. The highest BCUT2D eigenvalue weighted by Crippen LogP contribution is 2.22. The molecule has 1 aliphatic heterocycles. The molecule has 0 bridgehead atoms. The fourth-order valence-corrected chi connectivity index (χ4v) is 2.96. The first-order valence-corrected chi connectivity index (χ1v) is 8.02. The minimum atomic E-state index is 0.669. The van der Waals surface area contributed by atoms with Crippen LogP contribution in [-0.2, 0) is 6.54 Å². The fraction of sp³-hybridized carbons (Fsp3) is 0.353. The number of anilines is 1. The maximum absolute atomic E-state index is 5.75. The Bertz CT molecular complexity index is 800. The summed E-state index contributed by atoms with van der Waals surface area (Å²) >= 11 is 0. The van der Waals surface area contributed by atoms with E-state index < -0.39 is 0 Å². The molecule has 23 heavy (non-hydrogen) atoms. The van der Waals surface area contributed by atoms with Gasteiger partial charge in [-0.3, -0.25) is 5.43 Å². The van der Waals surface area contributed by atoms with Crippen molar-refractivity contribution in [3.8, 4) is 0 Å². The summed E-state index contributed by atoms with van der Waals surface area (Å²) in [6.07, 6.45) is 0. The molecule has 1 aromatic carbocycles. The number of benzene rings is 1. The van der Waals surface area contributed by atoms with Gasteiger partial charge in [-0.25, -0.2) is 9.99 Å². The molecular formula is C17H21N5O. The molecule has 3 aromatic rings. The highest BCUT2D eigenvalue weighted by Gasteiger charge is 2.16. The second kappa shape index (κ2) is 6.06. The Kier molecular flexibility index (Phi) is 3.77. The zero-order valence-electron chi connectivity index (χ0n) is 13.2. The quantitative estimate of drug-likeness (QED) is 0.774. The number of hydrogen-bond acceptors (Lipinski definition) is 5. The van der Waals surface area contributed by atoms with Crippen molar-refractivity contribution >= 4 is 17.0 Å². The van der Waals surface area contributed by atoms with Crippen LogP contribution in [0, 0.1) is 6.92 Å². The number of aryl methyl sites for hydroxylation is 1. The molecule has 0 spiro atoms. The molecule has 2 aromatic heterocycles. The van der Waals surface area contributed by atoms with Gasteiger partial charge in [0.05, 0.1) is 17.6 Å². The van der Waals surface area contributed by atoms with E-state index in [1.165, 1.54) is 0 Å². The Morgan fingerprint density at radius 3 is 2.78 bits per heavy atom. The first-order valence-electron chi connectivity index (χ1n) is 8.02. The number of furan rings is 1. The molecule has 0 radical (unpaired) electrons. The molecule has 0 amide bonds. The summed E-state index contributed by atoms with van der Waals surface area (Å²) in [4.78, 5) is 4.76. The van der Waals surface area contributed by atoms with E-state index in [2.05, 4.69) is 26.4 Å². The van der Waals surface area contributed by atoms with Crippen molar-refractivity contribution in [2.45, 2.75) is 13.5 Å². The van der Waals surface area contributed by atoms with E-state index in [0.717, 1.165) is 54.7 Å². The van der Waals surface area contributed by atoms with E-state index in [0.29, 0.717) is 6.54 Å². The molecule has 1 fully saturated rings. The molecule has 3 heterocycles. The van der Waals surface area contributed by atoms with Crippen molar-refractivity contribution in [3.05, 3.63) is 47.9 Å². The number of piperazine rings is 1. The number of rotatable bonds is 4. The molecule has 4 rings (SSSR count). The van der Waals surface area contributed by atoms with Gasteiger partial charge in [-0.15, -0.1) is 0 Å². The number of hydrogen-bond donors (Lipinski definition) is 2. The molecule has 0 saturated carbocycles. The molecule has 0 unspecified atom stereocenters. The first-order chi connectivity index (χ1) is 11.3. The van der Waals surface area contributed by atoms with E-state index in [9.17, 15) is 0 Å².